The number of rotatable bonds is 7. The summed E-state index contributed by atoms with van der Waals surface area (Å²) in [6.07, 6.45) is 5.46. The first-order chi connectivity index (χ1) is 17.8. The fourth-order valence-electron chi connectivity index (χ4n) is 5.37. The third-order valence-corrected chi connectivity index (χ3v) is 7.41. The molecule has 1 fully saturated rings. The highest BCUT2D eigenvalue weighted by atomic mass is 16.5. The second-order valence-electron chi connectivity index (χ2n) is 9.70. The van der Waals surface area contributed by atoms with Crippen LogP contribution in [0, 0.1) is 5.41 Å². The summed E-state index contributed by atoms with van der Waals surface area (Å²) in [4.78, 5) is 34.2. The molecule has 0 aliphatic heterocycles. The van der Waals surface area contributed by atoms with Gasteiger partial charge in [-0.3, -0.25) is 14.6 Å². The van der Waals surface area contributed by atoms with Crippen molar-refractivity contribution in [3.8, 4) is 22.4 Å². The van der Waals surface area contributed by atoms with E-state index in [0.29, 0.717) is 42.6 Å². The molecular formula is C28H29N5O4. The number of anilines is 1. The molecule has 190 valence electrons. The van der Waals surface area contributed by atoms with Gasteiger partial charge in [-0.05, 0) is 38.7 Å². The minimum atomic E-state index is -0.925. The zero-order chi connectivity index (χ0) is 26.2. The quantitative estimate of drug-likeness (QED) is 0.352. The largest absolute Gasteiger partial charge is 0.481 e. The molecule has 0 saturated heterocycles. The van der Waals surface area contributed by atoms with Gasteiger partial charge in [-0.1, -0.05) is 36.4 Å². The van der Waals surface area contributed by atoms with Gasteiger partial charge in [0.25, 0.3) is 0 Å². The van der Waals surface area contributed by atoms with E-state index in [2.05, 4.69) is 10.1 Å². The Hall–Kier alpha value is -4.11. The number of nitrogens with two attached hydrogens (primary N) is 1. The standard InChI is InChI=1S/C28H29N5O4/c1-17(34)23-24(19-10-12-28(13-11-19,16-37-2)27(35)36)32-26-21(15-31-33(26)25(23)29)20-8-9-22(30-14-20)18-6-4-3-5-7-18/h3-9,14-15,19H,10-13,16,29H2,1-2H3,(H,35,36)/t19-,28+. The van der Waals surface area contributed by atoms with E-state index in [1.807, 2.05) is 42.5 Å². The number of benzene rings is 1. The summed E-state index contributed by atoms with van der Waals surface area (Å²) >= 11 is 0. The molecule has 1 aromatic carbocycles. The van der Waals surface area contributed by atoms with Crippen LogP contribution in [0.4, 0.5) is 5.82 Å². The van der Waals surface area contributed by atoms with Crippen LogP contribution in [-0.4, -0.2) is 50.2 Å². The first-order valence-corrected chi connectivity index (χ1v) is 12.3. The van der Waals surface area contributed by atoms with E-state index in [-0.39, 0.29) is 24.1 Å². The molecule has 4 aromatic rings. The van der Waals surface area contributed by atoms with Gasteiger partial charge in [0.05, 0.1) is 35.2 Å². The molecule has 0 radical (unpaired) electrons. The second-order valence-corrected chi connectivity index (χ2v) is 9.70. The Morgan fingerprint density at radius 3 is 2.43 bits per heavy atom. The number of methoxy groups -OCH3 is 1. The Morgan fingerprint density at radius 2 is 1.84 bits per heavy atom. The molecule has 5 rings (SSSR count). The number of carboxylic acids is 1. The van der Waals surface area contributed by atoms with Gasteiger partial charge < -0.3 is 15.6 Å². The van der Waals surface area contributed by atoms with E-state index in [0.717, 1.165) is 22.4 Å². The molecule has 0 atom stereocenters. The van der Waals surface area contributed by atoms with Crippen LogP contribution in [-0.2, 0) is 9.53 Å². The molecule has 9 heteroatoms. The predicted octanol–water partition coefficient (Wildman–Crippen LogP) is 4.62. The molecule has 0 spiro atoms. The average Bonchev–Trinajstić information content (AvgIpc) is 3.34. The Kier molecular flexibility index (Phi) is 6.47. The van der Waals surface area contributed by atoms with E-state index >= 15 is 0 Å². The number of hydrogen-bond acceptors (Lipinski definition) is 7. The second kappa shape index (κ2) is 9.74. The first kappa shape index (κ1) is 24.6. The number of aromatic nitrogens is 4. The number of pyridine rings is 1. The van der Waals surface area contributed by atoms with Crippen LogP contribution in [0.2, 0.25) is 0 Å². The van der Waals surface area contributed by atoms with Gasteiger partial charge in [-0.15, -0.1) is 0 Å². The molecule has 1 aliphatic rings. The molecule has 1 aliphatic carbocycles. The van der Waals surface area contributed by atoms with Crippen molar-refractivity contribution < 1.29 is 19.4 Å². The topological polar surface area (TPSA) is 133 Å². The fourth-order valence-corrected chi connectivity index (χ4v) is 5.37. The number of hydrogen-bond donors (Lipinski definition) is 2. The van der Waals surface area contributed by atoms with Crippen LogP contribution in [0.25, 0.3) is 28.0 Å². The molecule has 1 saturated carbocycles. The van der Waals surface area contributed by atoms with Gasteiger partial charge in [-0.25, -0.2) is 4.98 Å². The highest BCUT2D eigenvalue weighted by Gasteiger charge is 2.43. The normalized spacial score (nSPS) is 19.7. The molecule has 37 heavy (non-hydrogen) atoms. The van der Waals surface area contributed by atoms with E-state index in [1.165, 1.54) is 18.5 Å². The van der Waals surface area contributed by atoms with Gasteiger partial charge in [0, 0.05) is 35.9 Å². The number of aliphatic carboxylic acids is 1. The molecular weight excluding hydrogens is 470 g/mol. The number of carbonyl (C=O) groups is 2. The smallest absolute Gasteiger partial charge is 0.311 e. The molecule has 3 N–H and O–H groups in total. The number of carboxylic acid groups (broad SMARTS) is 1. The van der Waals surface area contributed by atoms with Gasteiger partial charge in [-0.2, -0.15) is 9.61 Å². The lowest BCUT2D eigenvalue weighted by atomic mass is 9.69. The average molecular weight is 500 g/mol. The SMILES string of the molecule is COC[C@]1(C(=O)O)CC[C@@H](c2nc3c(-c4ccc(-c5ccccc5)nc4)cnn3c(N)c2C(C)=O)CC1. The lowest BCUT2D eigenvalue weighted by Gasteiger charge is -2.36. The van der Waals surface area contributed by atoms with E-state index in [4.69, 9.17) is 15.5 Å². The number of fused-ring (bicyclic) bond motifs is 1. The number of nitrogens with zero attached hydrogens (tertiary/aromatic N) is 4. The number of nitrogen functional groups attached to an aromatic ring is 1. The Labute approximate surface area is 214 Å². The number of ketones is 1. The molecule has 0 bridgehead atoms. The van der Waals surface area contributed by atoms with Crippen molar-refractivity contribution in [2.24, 2.45) is 5.41 Å². The van der Waals surface area contributed by atoms with Crippen molar-refractivity contribution in [1.82, 2.24) is 19.6 Å². The van der Waals surface area contributed by atoms with Crippen molar-refractivity contribution in [2.45, 2.75) is 38.5 Å². The number of ether oxygens (including phenoxy) is 1. The molecule has 0 amide bonds. The fraction of sp³-hybridized carbons (Fsp3) is 0.321. The van der Waals surface area contributed by atoms with Gasteiger partial charge in [0.15, 0.2) is 11.4 Å². The summed E-state index contributed by atoms with van der Waals surface area (Å²) in [5.41, 5.74) is 10.5. The van der Waals surface area contributed by atoms with Crippen LogP contribution in [0.15, 0.2) is 54.9 Å². The molecule has 3 heterocycles. The lowest BCUT2D eigenvalue weighted by Crippen LogP contribution is -2.39. The van der Waals surface area contributed by atoms with Crippen LogP contribution < -0.4 is 5.73 Å². The summed E-state index contributed by atoms with van der Waals surface area (Å²) in [5, 5.41) is 14.3. The third-order valence-electron chi connectivity index (χ3n) is 7.41. The summed E-state index contributed by atoms with van der Waals surface area (Å²) in [7, 11) is 1.52. The summed E-state index contributed by atoms with van der Waals surface area (Å²) in [5.74, 6) is -0.914. The minimum Gasteiger partial charge on any atom is -0.481 e. The van der Waals surface area contributed by atoms with Crippen molar-refractivity contribution in [1.29, 1.82) is 0 Å². The van der Waals surface area contributed by atoms with Crippen molar-refractivity contribution in [3.05, 3.63) is 66.1 Å². The number of carbonyl (C=O) groups excluding carboxylic acids is 1. The zero-order valence-corrected chi connectivity index (χ0v) is 20.8. The monoisotopic (exact) mass is 499 g/mol. The predicted molar refractivity (Wildman–Crippen MR) is 139 cm³/mol. The summed E-state index contributed by atoms with van der Waals surface area (Å²) in [6.45, 7) is 1.62. The first-order valence-electron chi connectivity index (χ1n) is 12.3. The summed E-state index contributed by atoms with van der Waals surface area (Å²) in [6, 6.07) is 13.8. The van der Waals surface area contributed by atoms with Crippen LogP contribution >= 0.6 is 0 Å². The number of Topliss-reactive ketones (excluding diaryl/α,β-unsaturated/α-hetero) is 1. The van der Waals surface area contributed by atoms with Gasteiger partial charge in [0.1, 0.15) is 5.82 Å². The van der Waals surface area contributed by atoms with Crippen molar-refractivity contribution >= 4 is 23.2 Å². The van der Waals surface area contributed by atoms with Crippen molar-refractivity contribution in [3.63, 3.8) is 0 Å². The maximum absolute atomic E-state index is 12.7. The van der Waals surface area contributed by atoms with Crippen LogP contribution in [0.1, 0.15) is 54.6 Å². The van der Waals surface area contributed by atoms with E-state index in [1.54, 1.807) is 12.4 Å². The highest BCUT2D eigenvalue weighted by Crippen LogP contribution is 2.45. The van der Waals surface area contributed by atoms with Gasteiger partial charge >= 0.3 is 5.97 Å². The summed E-state index contributed by atoms with van der Waals surface area (Å²) < 4.78 is 6.72. The molecule has 0 unspecified atom stereocenters. The van der Waals surface area contributed by atoms with E-state index < -0.39 is 11.4 Å². The third kappa shape index (κ3) is 4.35. The minimum absolute atomic E-state index is 0.100. The van der Waals surface area contributed by atoms with Crippen molar-refractivity contribution in [2.75, 3.05) is 19.5 Å². The van der Waals surface area contributed by atoms with Crippen LogP contribution in [0.5, 0.6) is 0 Å². The lowest BCUT2D eigenvalue weighted by molar-refractivity contribution is -0.155. The van der Waals surface area contributed by atoms with Crippen LogP contribution in [0.3, 0.4) is 0 Å². The molecule has 9 nitrogen and oxygen atoms in total. The highest BCUT2D eigenvalue weighted by molar-refractivity contribution is 6.00. The maximum atomic E-state index is 12.7. The van der Waals surface area contributed by atoms with E-state index in [9.17, 15) is 14.7 Å². The zero-order valence-electron chi connectivity index (χ0n) is 20.8. The maximum Gasteiger partial charge on any atom is 0.311 e. The Balaban J connectivity index is 1.54. The Bertz CT molecular complexity index is 1460. The molecule has 3 aromatic heterocycles. The van der Waals surface area contributed by atoms with Gasteiger partial charge in [0.2, 0.25) is 0 Å². The Morgan fingerprint density at radius 1 is 1.11 bits per heavy atom.